The first-order valence-electron chi connectivity index (χ1n) is 10.1. The van der Waals surface area contributed by atoms with Crippen LogP contribution in [-0.4, -0.2) is 52.5 Å². The topological polar surface area (TPSA) is 118 Å². The van der Waals surface area contributed by atoms with E-state index in [4.69, 9.17) is 9.47 Å². The first kappa shape index (κ1) is 23.0. The van der Waals surface area contributed by atoms with Gasteiger partial charge in [-0.15, -0.1) is 0 Å². The van der Waals surface area contributed by atoms with Crippen molar-refractivity contribution in [2.45, 2.75) is 38.5 Å². The van der Waals surface area contributed by atoms with Gasteiger partial charge in [0.25, 0.3) is 0 Å². The summed E-state index contributed by atoms with van der Waals surface area (Å²) in [5, 5.41) is 15.6. The number of methoxy groups -OCH3 is 2. The molecule has 0 radical (unpaired) electrons. The number of nitrogens with zero attached hydrogens (tertiary/aromatic N) is 3. The minimum Gasteiger partial charge on any atom is -0.497 e. The zero-order valence-electron chi connectivity index (χ0n) is 18.1. The maximum atomic E-state index is 13.3. The number of rotatable bonds is 11. The summed E-state index contributed by atoms with van der Waals surface area (Å²) in [6.07, 6.45) is 0.696. The standard InChI is InChI=1S/C22H26FN5O4/c1-13(23)6-9-17(21(29)30)26-20-19-16(5-4-10-24-19)27-22(28-20)25-12-14-7-8-15(31-2)11-18(14)32-3/h4-5,7-8,10-11,13,17H,6,9,12H2,1-3H3,(H,29,30)(H2,25,26,27,28)/t13?,17-/m1/s1. The van der Waals surface area contributed by atoms with Gasteiger partial charge in [0.05, 0.1) is 25.9 Å². The smallest absolute Gasteiger partial charge is 0.326 e. The van der Waals surface area contributed by atoms with Gasteiger partial charge in [0.2, 0.25) is 5.95 Å². The lowest BCUT2D eigenvalue weighted by Crippen LogP contribution is -2.30. The highest BCUT2D eigenvalue weighted by molar-refractivity contribution is 5.88. The molecule has 0 fully saturated rings. The van der Waals surface area contributed by atoms with Crippen molar-refractivity contribution in [2.24, 2.45) is 0 Å². The maximum absolute atomic E-state index is 13.3. The van der Waals surface area contributed by atoms with E-state index < -0.39 is 18.2 Å². The van der Waals surface area contributed by atoms with Gasteiger partial charge in [-0.25, -0.2) is 14.2 Å². The number of aliphatic carboxylic acids is 1. The van der Waals surface area contributed by atoms with Crippen molar-refractivity contribution in [1.29, 1.82) is 0 Å². The molecular weight excluding hydrogens is 417 g/mol. The predicted molar refractivity (Wildman–Crippen MR) is 119 cm³/mol. The fourth-order valence-electron chi connectivity index (χ4n) is 3.14. The van der Waals surface area contributed by atoms with E-state index in [2.05, 4.69) is 25.6 Å². The Morgan fingerprint density at radius 1 is 1.19 bits per heavy atom. The highest BCUT2D eigenvalue weighted by Crippen LogP contribution is 2.26. The number of nitrogens with one attached hydrogen (secondary N) is 2. The zero-order chi connectivity index (χ0) is 23.1. The van der Waals surface area contributed by atoms with Crippen LogP contribution >= 0.6 is 0 Å². The molecule has 0 aliphatic carbocycles. The summed E-state index contributed by atoms with van der Waals surface area (Å²) < 4.78 is 23.9. The van der Waals surface area contributed by atoms with Crippen LogP contribution in [0.25, 0.3) is 11.0 Å². The van der Waals surface area contributed by atoms with Crippen LogP contribution in [0.2, 0.25) is 0 Å². The Morgan fingerprint density at radius 3 is 2.69 bits per heavy atom. The average molecular weight is 443 g/mol. The molecule has 3 aromatic rings. The molecule has 0 amide bonds. The van der Waals surface area contributed by atoms with Crippen LogP contribution in [-0.2, 0) is 11.3 Å². The molecule has 3 N–H and O–H groups in total. The third-order valence-corrected chi connectivity index (χ3v) is 4.85. The number of hydrogen-bond donors (Lipinski definition) is 3. The zero-order valence-corrected chi connectivity index (χ0v) is 18.1. The van der Waals surface area contributed by atoms with Crippen molar-refractivity contribution in [1.82, 2.24) is 15.0 Å². The molecule has 32 heavy (non-hydrogen) atoms. The van der Waals surface area contributed by atoms with Gasteiger partial charge in [-0.05, 0) is 44.0 Å². The average Bonchev–Trinajstić information content (AvgIpc) is 2.79. The Bertz CT molecular complexity index is 1080. The SMILES string of the molecule is COc1ccc(CNc2nc(N[C@H](CCC(C)F)C(=O)O)c3ncccc3n2)c(OC)c1. The van der Waals surface area contributed by atoms with Crippen molar-refractivity contribution in [3.05, 3.63) is 42.1 Å². The number of ether oxygens (including phenoxy) is 2. The van der Waals surface area contributed by atoms with E-state index in [1.165, 1.54) is 6.92 Å². The van der Waals surface area contributed by atoms with Crippen LogP contribution in [0.4, 0.5) is 16.2 Å². The third kappa shape index (κ3) is 5.71. The number of benzene rings is 1. The molecule has 0 saturated carbocycles. The van der Waals surface area contributed by atoms with Crippen molar-refractivity contribution in [3.8, 4) is 11.5 Å². The van der Waals surface area contributed by atoms with Crippen LogP contribution in [0, 0.1) is 0 Å². The summed E-state index contributed by atoms with van der Waals surface area (Å²) in [6.45, 7) is 1.76. The van der Waals surface area contributed by atoms with Crippen molar-refractivity contribution >= 4 is 28.8 Å². The molecule has 3 rings (SSSR count). The van der Waals surface area contributed by atoms with E-state index in [-0.39, 0.29) is 24.6 Å². The number of aromatic nitrogens is 3. The number of anilines is 2. The molecule has 2 atom stereocenters. The monoisotopic (exact) mass is 443 g/mol. The molecule has 1 aromatic carbocycles. The van der Waals surface area contributed by atoms with E-state index in [0.717, 1.165) is 5.56 Å². The lowest BCUT2D eigenvalue weighted by atomic mass is 10.1. The van der Waals surface area contributed by atoms with Crippen molar-refractivity contribution in [3.63, 3.8) is 0 Å². The van der Waals surface area contributed by atoms with Crippen LogP contribution in [0.5, 0.6) is 11.5 Å². The molecule has 0 aliphatic heterocycles. The third-order valence-electron chi connectivity index (χ3n) is 4.85. The van der Waals surface area contributed by atoms with Gasteiger partial charge >= 0.3 is 5.97 Å². The number of carbonyl (C=O) groups is 1. The van der Waals surface area contributed by atoms with Crippen molar-refractivity contribution < 1.29 is 23.8 Å². The van der Waals surface area contributed by atoms with E-state index >= 15 is 0 Å². The molecule has 0 spiro atoms. The molecule has 170 valence electrons. The molecule has 2 heterocycles. The summed E-state index contributed by atoms with van der Waals surface area (Å²) in [6, 6.07) is 7.94. The minimum atomic E-state index is -1.10. The van der Waals surface area contributed by atoms with Gasteiger partial charge in [0.15, 0.2) is 5.82 Å². The highest BCUT2D eigenvalue weighted by Gasteiger charge is 2.21. The molecule has 9 nitrogen and oxygen atoms in total. The van der Waals surface area contributed by atoms with E-state index in [0.29, 0.717) is 29.1 Å². The number of halogens is 1. The predicted octanol–water partition coefficient (Wildman–Crippen LogP) is 3.66. The largest absolute Gasteiger partial charge is 0.497 e. The lowest BCUT2D eigenvalue weighted by molar-refractivity contribution is -0.138. The Balaban J connectivity index is 1.86. The summed E-state index contributed by atoms with van der Waals surface area (Å²) in [4.78, 5) is 24.9. The summed E-state index contributed by atoms with van der Waals surface area (Å²) in [5.41, 5.74) is 1.83. The van der Waals surface area contributed by atoms with E-state index in [9.17, 15) is 14.3 Å². The second-order valence-corrected chi connectivity index (χ2v) is 7.19. The van der Waals surface area contributed by atoms with Gasteiger partial charge < -0.3 is 25.2 Å². The molecule has 0 aliphatic rings. The summed E-state index contributed by atoms with van der Waals surface area (Å²) in [5.74, 6) is 0.773. The van der Waals surface area contributed by atoms with E-state index in [1.807, 2.05) is 12.1 Å². The quantitative estimate of drug-likeness (QED) is 0.408. The normalized spacial score (nSPS) is 12.8. The molecule has 10 heteroatoms. The van der Waals surface area contributed by atoms with Crippen molar-refractivity contribution in [2.75, 3.05) is 24.9 Å². The number of carboxylic acids is 1. The molecule has 0 bridgehead atoms. The Hall–Kier alpha value is -3.69. The fraction of sp³-hybridized carbons (Fsp3) is 0.364. The lowest BCUT2D eigenvalue weighted by Gasteiger charge is -2.17. The first-order valence-corrected chi connectivity index (χ1v) is 10.1. The van der Waals surface area contributed by atoms with Crippen LogP contribution in [0.1, 0.15) is 25.3 Å². The minimum absolute atomic E-state index is 0.108. The second kappa shape index (κ2) is 10.6. The summed E-state index contributed by atoms with van der Waals surface area (Å²) in [7, 11) is 3.15. The number of pyridine rings is 1. The number of fused-ring (bicyclic) bond motifs is 1. The van der Waals surface area contributed by atoms with Gasteiger partial charge in [-0.1, -0.05) is 0 Å². The van der Waals surface area contributed by atoms with Gasteiger partial charge in [-0.2, -0.15) is 4.98 Å². The fourth-order valence-corrected chi connectivity index (χ4v) is 3.14. The van der Waals surface area contributed by atoms with Gasteiger partial charge in [0, 0.05) is 24.4 Å². The second-order valence-electron chi connectivity index (χ2n) is 7.19. The molecular formula is C22H26FN5O4. The molecule has 2 aromatic heterocycles. The molecule has 1 unspecified atom stereocenters. The Morgan fingerprint density at radius 2 is 2.00 bits per heavy atom. The number of hydrogen-bond acceptors (Lipinski definition) is 8. The first-order chi connectivity index (χ1) is 15.4. The van der Waals surface area contributed by atoms with Crippen LogP contribution < -0.4 is 20.1 Å². The highest BCUT2D eigenvalue weighted by atomic mass is 19.1. The van der Waals surface area contributed by atoms with Gasteiger partial charge in [0.1, 0.15) is 23.1 Å². The van der Waals surface area contributed by atoms with E-state index in [1.54, 1.807) is 38.6 Å². The molecule has 0 saturated heterocycles. The maximum Gasteiger partial charge on any atom is 0.326 e. The van der Waals surface area contributed by atoms with Gasteiger partial charge in [-0.3, -0.25) is 4.98 Å². The number of alkyl halides is 1. The number of carboxylic acid groups (broad SMARTS) is 1. The van der Waals surface area contributed by atoms with Crippen LogP contribution in [0.3, 0.4) is 0 Å². The Labute approximate surface area is 185 Å². The Kier molecular flexibility index (Phi) is 7.58. The van der Waals surface area contributed by atoms with Crippen LogP contribution in [0.15, 0.2) is 36.5 Å². The summed E-state index contributed by atoms with van der Waals surface area (Å²) >= 11 is 0.